The molecule has 0 aliphatic carbocycles. The highest BCUT2D eigenvalue weighted by atomic mass is 19.3. The normalized spacial score (nSPS) is 14.4. The van der Waals surface area contributed by atoms with E-state index in [1.54, 1.807) is 20.8 Å². The van der Waals surface area contributed by atoms with Crippen molar-refractivity contribution >= 4 is 6.09 Å². The van der Waals surface area contributed by atoms with E-state index in [-0.39, 0.29) is 0 Å². The fourth-order valence-corrected chi connectivity index (χ4v) is 1.07. The van der Waals surface area contributed by atoms with Crippen LogP contribution in [0.3, 0.4) is 0 Å². The van der Waals surface area contributed by atoms with Crippen LogP contribution in [0.5, 0.6) is 0 Å². The van der Waals surface area contributed by atoms with Gasteiger partial charge in [0.25, 0.3) is 5.92 Å². The van der Waals surface area contributed by atoms with Gasteiger partial charge in [0.2, 0.25) is 0 Å². The molecule has 4 nitrogen and oxygen atoms in total. The molecule has 0 saturated carbocycles. The number of hydrogen-bond acceptors (Lipinski definition) is 3. The number of amides is 1. The third-order valence-electron chi connectivity index (χ3n) is 2.22. The summed E-state index contributed by atoms with van der Waals surface area (Å²) >= 11 is 0. The third-order valence-corrected chi connectivity index (χ3v) is 2.22. The van der Waals surface area contributed by atoms with Crippen LogP contribution in [-0.4, -0.2) is 49.2 Å². The highest BCUT2D eigenvalue weighted by Gasteiger charge is 2.38. The van der Waals surface area contributed by atoms with E-state index in [0.29, 0.717) is 0 Å². The number of hydrogen-bond donors (Lipinski definition) is 1. The van der Waals surface area contributed by atoms with Gasteiger partial charge in [-0.3, -0.25) is 0 Å². The Bertz CT molecular complexity index is 265. The van der Waals surface area contributed by atoms with E-state index in [9.17, 15) is 13.6 Å². The minimum absolute atomic E-state index is 0.677. The van der Waals surface area contributed by atoms with Crippen LogP contribution in [0.1, 0.15) is 27.7 Å². The van der Waals surface area contributed by atoms with Crippen LogP contribution >= 0.6 is 0 Å². The van der Waals surface area contributed by atoms with Crippen molar-refractivity contribution in [1.82, 2.24) is 10.2 Å². The highest BCUT2D eigenvalue weighted by Crippen LogP contribution is 2.20. The molecule has 0 aromatic carbocycles. The number of carbonyl (C=O) groups excluding carboxylic acids is 1. The summed E-state index contributed by atoms with van der Waals surface area (Å²) in [5.74, 6) is -3.00. The first kappa shape index (κ1) is 16.1. The molecular formula is C11H22F2N2O2. The number of halogens is 2. The van der Waals surface area contributed by atoms with Crippen LogP contribution in [0.4, 0.5) is 13.6 Å². The molecule has 0 aromatic rings. The van der Waals surface area contributed by atoms with Crippen molar-refractivity contribution in [2.45, 2.75) is 45.3 Å². The Balaban J connectivity index is 4.44. The van der Waals surface area contributed by atoms with Crippen LogP contribution in [0.2, 0.25) is 0 Å². The van der Waals surface area contributed by atoms with E-state index in [0.717, 1.165) is 4.90 Å². The Morgan fingerprint density at radius 2 is 1.88 bits per heavy atom. The Kier molecular flexibility index (Phi) is 5.32. The topological polar surface area (TPSA) is 41.6 Å². The molecule has 0 aliphatic heterocycles. The average Bonchev–Trinajstić information content (AvgIpc) is 2.12. The molecule has 0 aliphatic rings. The summed E-state index contributed by atoms with van der Waals surface area (Å²) in [5, 5.41) is 2.47. The number of nitrogens with one attached hydrogen (secondary N) is 1. The number of alkyl halides is 2. The largest absolute Gasteiger partial charge is 0.444 e. The fourth-order valence-electron chi connectivity index (χ4n) is 1.07. The molecule has 1 atom stereocenters. The maximum atomic E-state index is 13.5. The molecule has 1 amide bonds. The quantitative estimate of drug-likeness (QED) is 0.833. The third kappa shape index (κ3) is 5.81. The van der Waals surface area contributed by atoms with Gasteiger partial charge in [-0.15, -0.1) is 0 Å². The van der Waals surface area contributed by atoms with E-state index in [2.05, 4.69) is 5.32 Å². The second kappa shape index (κ2) is 5.62. The molecule has 0 saturated heterocycles. The number of carbonyl (C=O) groups is 1. The second-order valence-corrected chi connectivity index (χ2v) is 5.11. The first-order valence-electron chi connectivity index (χ1n) is 5.49. The van der Waals surface area contributed by atoms with E-state index in [4.69, 9.17) is 4.74 Å². The van der Waals surface area contributed by atoms with Crippen molar-refractivity contribution in [3.8, 4) is 0 Å². The lowest BCUT2D eigenvalue weighted by atomic mass is 10.1. The summed E-state index contributed by atoms with van der Waals surface area (Å²) in [7, 11) is 2.75. The molecule has 1 N–H and O–H groups in total. The number of nitrogens with zero attached hydrogens (tertiary/aromatic N) is 1. The molecule has 6 heteroatoms. The summed E-state index contributed by atoms with van der Waals surface area (Å²) in [6.07, 6.45) is -0.750. The van der Waals surface area contributed by atoms with Gasteiger partial charge in [0.05, 0.1) is 12.6 Å². The minimum Gasteiger partial charge on any atom is -0.444 e. The molecule has 0 aromatic heterocycles. The van der Waals surface area contributed by atoms with Crippen LogP contribution in [0.15, 0.2) is 0 Å². The molecule has 0 bridgehead atoms. The van der Waals surface area contributed by atoms with Crippen molar-refractivity contribution in [1.29, 1.82) is 0 Å². The summed E-state index contributed by atoms with van der Waals surface area (Å²) < 4.78 is 32.1. The second-order valence-electron chi connectivity index (χ2n) is 5.11. The lowest BCUT2D eigenvalue weighted by Gasteiger charge is -2.30. The van der Waals surface area contributed by atoms with Gasteiger partial charge < -0.3 is 15.0 Å². The lowest BCUT2D eigenvalue weighted by molar-refractivity contribution is -0.0570. The predicted molar refractivity (Wildman–Crippen MR) is 62.3 cm³/mol. The van der Waals surface area contributed by atoms with Gasteiger partial charge in [-0.05, 0) is 34.7 Å². The highest BCUT2D eigenvalue weighted by molar-refractivity contribution is 5.67. The van der Waals surface area contributed by atoms with Gasteiger partial charge in [0.1, 0.15) is 5.60 Å². The Morgan fingerprint density at radius 3 is 2.24 bits per heavy atom. The van der Waals surface area contributed by atoms with E-state index in [1.807, 2.05) is 0 Å². The molecule has 17 heavy (non-hydrogen) atoms. The van der Waals surface area contributed by atoms with E-state index in [1.165, 1.54) is 21.0 Å². The molecule has 0 rings (SSSR count). The molecule has 0 fully saturated rings. The maximum absolute atomic E-state index is 13.5. The van der Waals surface area contributed by atoms with Gasteiger partial charge in [-0.1, -0.05) is 0 Å². The summed E-state index contributed by atoms with van der Waals surface area (Å²) in [5.41, 5.74) is -0.685. The smallest absolute Gasteiger partial charge is 0.410 e. The average molecular weight is 252 g/mol. The number of rotatable bonds is 4. The van der Waals surface area contributed by atoms with Gasteiger partial charge in [0.15, 0.2) is 0 Å². The molecular weight excluding hydrogens is 230 g/mol. The van der Waals surface area contributed by atoms with Crippen LogP contribution in [-0.2, 0) is 4.74 Å². The zero-order chi connectivity index (χ0) is 13.9. The summed E-state index contributed by atoms with van der Waals surface area (Å²) in [4.78, 5) is 12.4. The minimum atomic E-state index is -3.00. The van der Waals surface area contributed by atoms with Crippen molar-refractivity contribution < 1.29 is 18.3 Å². The fraction of sp³-hybridized carbons (Fsp3) is 0.909. The van der Waals surface area contributed by atoms with Crippen molar-refractivity contribution in [3.63, 3.8) is 0 Å². The summed E-state index contributed by atoms with van der Waals surface area (Å²) in [6.45, 7) is 5.75. The van der Waals surface area contributed by atoms with Crippen molar-refractivity contribution in [2.75, 3.05) is 20.6 Å². The number of ether oxygens (including phenoxy) is 1. The van der Waals surface area contributed by atoms with Crippen molar-refractivity contribution in [3.05, 3.63) is 0 Å². The van der Waals surface area contributed by atoms with Gasteiger partial charge in [-0.2, -0.15) is 0 Å². The molecule has 1 unspecified atom stereocenters. The van der Waals surface area contributed by atoms with E-state index < -0.39 is 30.2 Å². The molecule has 0 heterocycles. The standard InChI is InChI=1S/C11H22F2N2O2/c1-8(14-5)11(12,13)7-15(6)9(16)17-10(2,3)4/h8,14H,7H2,1-6H3. The Hall–Kier alpha value is -0.910. The molecule has 102 valence electrons. The van der Waals surface area contributed by atoms with Crippen LogP contribution in [0.25, 0.3) is 0 Å². The van der Waals surface area contributed by atoms with Gasteiger partial charge in [0, 0.05) is 7.05 Å². The Morgan fingerprint density at radius 1 is 1.41 bits per heavy atom. The van der Waals surface area contributed by atoms with E-state index >= 15 is 0 Å². The molecule has 0 spiro atoms. The predicted octanol–water partition coefficient (Wildman–Crippen LogP) is 2.10. The zero-order valence-corrected chi connectivity index (χ0v) is 11.3. The lowest BCUT2D eigenvalue weighted by Crippen LogP contribution is -2.50. The first-order chi connectivity index (χ1) is 7.49. The van der Waals surface area contributed by atoms with Crippen LogP contribution in [0, 0.1) is 0 Å². The maximum Gasteiger partial charge on any atom is 0.410 e. The van der Waals surface area contributed by atoms with Gasteiger partial charge in [-0.25, -0.2) is 13.6 Å². The van der Waals surface area contributed by atoms with Crippen molar-refractivity contribution in [2.24, 2.45) is 0 Å². The van der Waals surface area contributed by atoms with Crippen LogP contribution < -0.4 is 5.32 Å². The Labute approximate surface area is 101 Å². The SMILES string of the molecule is CNC(C)C(F)(F)CN(C)C(=O)OC(C)(C)C. The monoisotopic (exact) mass is 252 g/mol. The van der Waals surface area contributed by atoms with Gasteiger partial charge >= 0.3 is 6.09 Å². The molecule has 0 radical (unpaired) electrons. The summed E-state index contributed by atoms with van der Waals surface area (Å²) in [6, 6.07) is -1.01. The first-order valence-corrected chi connectivity index (χ1v) is 5.49. The zero-order valence-electron chi connectivity index (χ0n) is 11.3.